The van der Waals surface area contributed by atoms with E-state index < -0.39 is 0 Å². The van der Waals surface area contributed by atoms with Crippen molar-refractivity contribution in [3.8, 4) is 0 Å². The molecule has 0 bridgehead atoms. The van der Waals surface area contributed by atoms with Crippen LogP contribution in [-0.2, 0) is 0 Å². The highest BCUT2D eigenvalue weighted by Crippen LogP contribution is 2.24. The predicted molar refractivity (Wildman–Crippen MR) is 79.6 cm³/mol. The van der Waals surface area contributed by atoms with Gasteiger partial charge in [0, 0.05) is 13.6 Å². The third-order valence-electron chi connectivity index (χ3n) is 4.02. The molecule has 7 nitrogen and oxygen atoms in total. The fourth-order valence-corrected chi connectivity index (χ4v) is 2.83. The van der Waals surface area contributed by atoms with Crippen molar-refractivity contribution in [2.45, 2.75) is 12.8 Å². The van der Waals surface area contributed by atoms with E-state index in [9.17, 15) is 0 Å². The first-order valence-corrected chi connectivity index (χ1v) is 7.00. The molecule has 0 saturated carbocycles. The standard InChI is InChI=1S/C13H21N7/c1-19-5-3-9(4-6-19)7-20(2)12-10-11(16-8-15-10)17-13(14)18-12/h8-9H,3-7H2,1-2H3,(H3,14,15,16,17,18). The predicted octanol–water partition coefficient (Wildman–Crippen LogP) is 0.713. The summed E-state index contributed by atoms with van der Waals surface area (Å²) in [4.78, 5) is 20.3. The molecular formula is C13H21N7. The third-order valence-corrected chi connectivity index (χ3v) is 4.02. The van der Waals surface area contributed by atoms with Gasteiger partial charge < -0.3 is 20.5 Å². The number of nitrogens with one attached hydrogen (secondary N) is 1. The second kappa shape index (κ2) is 5.24. The Morgan fingerprint density at radius 3 is 2.90 bits per heavy atom. The highest BCUT2D eigenvalue weighted by Gasteiger charge is 2.20. The molecule has 2 aromatic heterocycles. The maximum atomic E-state index is 5.76. The van der Waals surface area contributed by atoms with Gasteiger partial charge in [0.05, 0.1) is 6.33 Å². The lowest BCUT2D eigenvalue weighted by molar-refractivity contribution is 0.222. The zero-order valence-corrected chi connectivity index (χ0v) is 12.0. The van der Waals surface area contributed by atoms with Crippen molar-refractivity contribution in [3.63, 3.8) is 0 Å². The van der Waals surface area contributed by atoms with Crippen molar-refractivity contribution < 1.29 is 0 Å². The van der Waals surface area contributed by atoms with Crippen molar-refractivity contribution in [2.24, 2.45) is 5.92 Å². The average Bonchev–Trinajstić information content (AvgIpc) is 2.88. The van der Waals surface area contributed by atoms with Gasteiger partial charge in [-0.2, -0.15) is 9.97 Å². The van der Waals surface area contributed by atoms with Gasteiger partial charge in [0.1, 0.15) is 5.52 Å². The second-order valence-corrected chi connectivity index (χ2v) is 5.63. The molecule has 7 heteroatoms. The number of nitrogens with two attached hydrogens (primary N) is 1. The van der Waals surface area contributed by atoms with E-state index in [0.717, 1.165) is 17.9 Å². The van der Waals surface area contributed by atoms with Crippen LogP contribution in [-0.4, -0.2) is 58.6 Å². The minimum absolute atomic E-state index is 0.273. The third kappa shape index (κ3) is 2.53. The summed E-state index contributed by atoms with van der Waals surface area (Å²) in [5.41, 5.74) is 7.25. The molecule has 0 aromatic carbocycles. The topological polar surface area (TPSA) is 87.0 Å². The minimum atomic E-state index is 0.273. The van der Waals surface area contributed by atoms with Gasteiger partial charge in [-0.1, -0.05) is 0 Å². The summed E-state index contributed by atoms with van der Waals surface area (Å²) in [7, 11) is 4.24. The Kier molecular flexibility index (Phi) is 3.43. The number of fused-ring (bicyclic) bond motifs is 1. The zero-order chi connectivity index (χ0) is 14.1. The van der Waals surface area contributed by atoms with Gasteiger partial charge >= 0.3 is 0 Å². The molecule has 20 heavy (non-hydrogen) atoms. The highest BCUT2D eigenvalue weighted by atomic mass is 15.2. The molecule has 3 N–H and O–H groups in total. The molecule has 1 fully saturated rings. The summed E-state index contributed by atoms with van der Waals surface area (Å²) in [6, 6.07) is 0. The summed E-state index contributed by atoms with van der Waals surface area (Å²) in [5.74, 6) is 1.81. The van der Waals surface area contributed by atoms with E-state index in [1.807, 2.05) is 0 Å². The lowest BCUT2D eigenvalue weighted by Crippen LogP contribution is -2.36. The van der Waals surface area contributed by atoms with Gasteiger partial charge in [0.25, 0.3) is 0 Å². The van der Waals surface area contributed by atoms with Crippen LogP contribution < -0.4 is 10.6 Å². The number of likely N-dealkylation sites (tertiary alicyclic amines) is 1. The average molecular weight is 275 g/mol. The number of hydrogen-bond donors (Lipinski definition) is 2. The fraction of sp³-hybridized carbons (Fsp3) is 0.615. The molecule has 108 valence electrons. The molecule has 0 amide bonds. The Balaban J connectivity index is 1.78. The SMILES string of the molecule is CN1CCC(CN(C)c2nc(N)nc3nc[nH]c23)CC1. The molecule has 0 atom stereocenters. The molecular weight excluding hydrogens is 254 g/mol. The molecule has 0 radical (unpaired) electrons. The normalized spacial score (nSPS) is 17.7. The Morgan fingerprint density at radius 1 is 1.40 bits per heavy atom. The molecule has 3 rings (SSSR count). The van der Waals surface area contributed by atoms with Crippen LogP contribution in [0.1, 0.15) is 12.8 Å². The molecule has 0 aliphatic carbocycles. The summed E-state index contributed by atoms with van der Waals surface area (Å²) >= 11 is 0. The molecule has 1 saturated heterocycles. The number of hydrogen-bond acceptors (Lipinski definition) is 6. The monoisotopic (exact) mass is 275 g/mol. The van der Waals surface area contributed by atoms with Gasteiger partial charge in [-0.15, -0.1) is 0 Å². The number of piperidine rings is 1. The van der Waals surface area contributed by atoms with Crippen molar-refractivity contribution in [3.05, 3.63) is 6.33 Å². The zero-order valence-electron chi connectivity index (χ0n) is 12.0. The largest absolute Gasteiger partial charge is 0.368 e. The molecule has 3 heterocycles. The molecule has 1 aliphatic heterocycles. The van der Waals surface area contributed by atoms with E-state index >= 15 is 0 Å². The van der Waals surface area contributed by atoms with E-state index in [-0.39, 0.29) is 5.95 Å². The smallest absolute Gasteiger partial charge is 0.224 e. The molecule has 0 spiro atoms. The first-order valence-electron chi connectivity index (χ1n) is 7.00. The number of H-pyrrole nitrogens is 1. The number of aromatic nitrogens is 4. The van der Waals surface area contributed by atoms with E-state index in [4.69, 9.17) is 5.73 Å². The highest BCUT2D eigenvalue weighted by molar-refractivity contribution is 5.83. The van der Waals surface area contributed by atoms with E-state index in [1.165, 1.54) is 25.9 Å². The van der Waals surface area contributed by atoms with Crippen LogP contribution in [0.2, 0.25) is 0 Å². The second-order valence-electron chi connectivity index (χ2n) is 5.63. The minimum Gasteiger partial charge on any atom is -0.368 e. The summed E-state index contributed by atoms with van der Waals surface area (Å²) in [6.45, 7) is 3.33. The van der Waals surface area contributed by atoms with Gasteiger partial charge in [0.15, 0.2) is 11.5 Å². The Morgan fingerprint density at radius 2 is 2.15 bits per heavy atom. The Labute approximate surface area is 118 Å². The van der Waals surface area contributed by atoms with Crippen LogP contribution in [0.25, 0.3) is 11.2 Å². The van der Waals surface area contributed by atoms with E-state index in [2.05, 4.69) is 43.8 Å². The maximum absolute atomic E-state index is 5.76. The van der Waals surface area contributed by atoms with Crippen LogP contribution >= 0.6 is 0 Å². The van der Waals surface area contributed by atoms with Crippen molar-refractivity contribution in [1.29, 1.82) is 0 Å². The fourth-order valence-electron chi connectivity index (χ4n) is 2.83. The molecule has 1 aliphatic rings. The van der Waals surface area contributed by atoms with Crippen LogP contribution in [0, 0.1) is 5.92 Å². The molecule has 0 unspecified atom stereocenters. The number of nitrogen functional groups attached to an aromatic ring is 1. The number of aromatic amines is 1. The first-order chi connectivity index (χ1) is 9.63. The lowest BCUT2D eigenvalue weighted by atomic mass is 9.97. The van der Waals surface area contributed by atoms with E-state index in [1.54, 1.807) is 6.33 Å². The van der Waals surface area contributed by atoms with E-state index in [0.29, 0.717) is 11.6 Å². The molecule has 2 aromatic rings. The Hall–Kier alpha value is -1.89. The number of rotatable bonds is 3. The van der Waals surface area contributed by atoms with Gasteiger partial charge in [-0.05, 0) is 38.9 Å². The summed E-state index contributed by atoms with van der Waals surface area (Å²) in [6.07, 6.45) is 4.09. The van der Waals surface area contributed by atoms with Gasteiger partial charge in [0.2, 0.25) is 5.95 Å². The maximum Gasteiger partial charge on any atom is 0.224 e. The van der Waals surface area contributed by atoms with Gasteiger partial charge in [-0.25, -0.2) is 4.98 Å². The van der Waals surface area contributed by atoms with Crippen molar-refractivity contribution in [1.82, 2.24) is 24.8 Å². The van der Waals surface area contributed by atoms with Crippen LogP contribution in [0.3, 0.4) is 0 Å². The first kappa shape index (κ1) is 13.1. The number of nitrogens with zero attached hydrogens (tertiary/aromatic N) is 5. The van der Waals surface area contributed by atoms with Crippen molar-refractivity contribution >= 4 is 22.9 Å². The quantitative estimate of drug-likeness (QED) is 0.858. The summed E-state index contributed by atoms with van der Waals surface area (Å²) < 4.78 is 0. The van der Waals surface area contributed by atoms with Crippen LogP contribution in [0.5, 0.6) is 0 Å². The number of imidazole rings is 1. The van der Waals surface area contributed by atoms with Crippen LogP contribution in [0.4, 0.5) is 11.8 Å². The van der Waals surface area contributed by atoms with Crippen LogP contribution in [0.15, 0.2) is 6.33 Å². The van der Waals surface area contributed by atoms with Crippen molar-refractivity contribution in [2.75, 3.05) is 44.4 Å². The summed E-state index contributed by atoms with van der Waals surface area (Å²) in [5, 5.41) is 0. The lowest BCUT2D eigenvalue weighted by Gasteiger charge is -2.32. The van der Waals surface area contributed by atoms with Gasteiger partial charge in [-0.3, -0.25) is 0 Å². The number of anilines is 2. The Bertz CT molecular complexity index is 585.